The molecule has 5 fully saturated rings. The van der Waals surface area contributed by atoms with Gasteiger partial charge in [-0.1, -0.05) is 60.6 Å². The van der Waals surface area contributed by atoms with Crippen LogP contribution < -0.4 is 4.74 Å². The molecule has 46 heavy (non-hydrogen) atoms. The second kappa shape index (κ2) is 10.1. The van der Waals surface area contributed by atoms with E-state index in [4.69, 9.17) is 14.2 Å². The lowest BCUT2D eigenvalue weighted by molar-refractivity contribution is -0.247. The van der Waals surface area contributed by atoms with E-state index in [2.05, 4.69) is 60.6 Å². The van der Waals surface area contributed by atoms with Crippen LogP contribution >= 0.6 is 0 Å². The molecule has 1 N–H and O–H groups in total. The summed E-state index contributed by atoms with van der Waals surface area (Å²) < 4.78 is 18.2. The Morgan fingerprint density at radius 2 is 1.76 bits per heavy atom. The second-order valence-electron chi connectivity index (χ2n) is 17.4. The molecule has 0 aromatic heterocycles. The van der Waals surface area contributed by atoms with Crippen molar-refractivity contribution in [2.24, 2.45) is 56.7 Å². The molecule has 250 valence electrons. The Morgan fingerprint density at radius 1 is 1.00 bits per heavy atom. The van der Waals surface area contributed by atoms with Gasteiger partial charge in [0.25, 0.3) is 0 Å². The molecule has 4 saturated carbocycles. The first kappa shape index (κ1) is 31.8. The molecule has 6 aliphatic rings. The van der Waals surface area contributed by atoms with E-state index in [0.717, 1.165) is 56.9 Å². The minimum absolute atomic E-state index is 0.00229. The van der Waals surface area contributed by atoms with Gasteiger partial charge >= 0.3 is 11.9 Å². The van der Waals surface area contributed by atoms with Crippen LogP contribution in [0.5, 0.6) is 11.5 Å². The molecule has 1 saturated heterocycles. The van der Waals surface area contributed by atoms with E-state index in [1.54, 1.807) is 24.3 Å². The van der Waals surface area contributed by atoms with Crippen molar-refractivity contribution < 1.29 is 28.9 Å². The number of methoxy groups -OCH3 is 1. The zero-order chi connectivity index (χ0) is 33.1. The van der Waals surface area contributed by atoms with Gasteiger partial charge in [-0.2, -0.15) is 0 Å². The van der Waals surface area contributed by atoms with Gasteiger partial charge in [0, 0.05) is 22.8 Å². The van der Waals surface area contributed by atoms with E-state index in [-0.39, 0.29) is 56.8 Å². The third-order valence-corrected chi connectivity index (χ3v) is 15.6. The molecule has 7 rings (SSSR count). The third kappa shape index (κ3) is 3.88. The average Bonchev–Trinajstić information content (AvgIpc) is 3.21. The molecule has 1 aromatic carbocycles. The number of phenols is 1. The molecular weight excluding hydrogens is 576 g/mol. The van der Waals surface area contributed by atoms with Gasteiger partial charge in [0.05, 0.1) is 12.5 Å². The van der Waals surface area contributed by atoms with Crippen molar-refractivity contribution in [3.63, 3.8) is 0 Å². The summed E-state index contributed by atoms with van der Waals surface area (Å²) in [6, 6.07) is 5.00. The number of carbonyl (C=O) groups is 2. The molecule has 0 amide bonds. The van der Waals surface area contributed by atoms with Gasteiger partial charge in [0.15, 0.2) is 11.5 Å². The first-order chi connectivity index (χ1) is 21.6. The molecule has 5 aliphatic carbocycles. The van der Waals surface area contributed by atoms with Gasteiger partial charge in [-0.3, -0.25) is 4.79 Å². The van der Waals surface area contributed by atoms with E-state index in [0.29, 0.717) is 29.4 Å². The number of rotatable bonds is 4. The zero-order valence-corrected chi connectivity index (χ0v) is 29.2. The minimum Gasteiger partial charge on any atom is -0.504 e. The van der Waals surface area contributed by atoms with Gasteiger partial charge in [-0.05, 0) is 116 Å². The fourth-order valence-electron chi connectivity index (χ4n) is 12.8. The molecule has 2 bridgehead atoms. The Morgan fingerprint density at radius 3 is 2.50 bits per heavy atom. The van der Waals surface area contributed by atoms with Crippen LogP contribution in [0.3, 0.4) is 0 Å². The summed E-state index contributed by atoms with van der Waals surface area (Å²) in [4.78, 5) is 27.0. The number of benzene rings is 1. The van der Waals surface area contributed by atoms with Crippen molar-refractivity contribution in [2.75, 3.05) is 7.11 Å². The third-order valence-electron chi connectivity index (χ3n) is 15.6. The number of aromatic hydroxyl groups is 1. The summed E-state index contributed by atoms with van der Waals surface area (Å²) in [5.41, 5.74) is -0.367. The molecule has 6 nitrogen and oxygen atoms in total. The fraction of sp³-hybridized carbons (Fsp3) is 0.700. The van der Waals surface area contributed by atoms with Crippen LogP contribution in [0.1, 0.15) is 105 Å². The molecule has 1 heterocycles. The zero-order valence-electron chi connectivity index (χ0n) is 29.2. The molecule has 1 aliphatic heterocycles. The maximum Gasteiger partial charge on any atom is 0.331 e. The van der Waals surface area contributed by atoms with Gasteiger partial charge in [-0.25, -0.2) is 4.79 Å². The normalized spacial score (nSPS) is 46.8. The molecule has 1 aromatic rings. The molecular formula is C40H54O6. The van der Waals surface area contributed by atoms with Crippen molar-refractivity contribution >= 4 is 18.0 Å². The maximum atomic E-state index is 13.9. The highest BCUT2D eigenvalue weighted by molar-refractivity contribution is 5.87. The Hall–Kier alpha value is -2.76. The van der Waals surface area contributed by atoms with Gasteiger partial charge in [-0.15, -0.1) is 0 Å². The summed E-state index contributed by atoms with van der Waals surface area (Å²) >= 11 is 0. The highest BCUT2D eigenvalue weighted by Crippen LogP contribution is 2.79. The number of allylic oxidation sites excluding steroid dienone is 1. The van der Waals surface area contributed by atoms with Crippen molar-refractivity contribution in [1.29, 1.82) is 0 Å². The summed E-state index contributed by atoms with van der Waals surface area (Å²) in [7, 11) is 1.51. The van der Waals surface area contributed by atoms with Crippen molar-refractivity contribution in [2.45, 2.75) is 112 Å². The summed E-state index contributed by atoms with van der Waals surface area (Å²) in [5, 5.41) is 9.90. The number of fused-ring (bicyclic) bond motifs is 4. The van der Waals surface area contributed by atoms with Crippen LogP contribution in [0.25, 0.3) is 6.08 Å². The van der Waals surface area contributed by atoms with E-state index in [1.807, 2.05) is 0 Å². The quantitative estimate of drug-likeness (QED) is 0.204. The number of hydrogen-bond donors (Lipinski definition) is 1. The van der Waals surface area contributed by atoms with E-state index in [1.165, 1.54) is 13.2 Å². The summed E-state index contributed by atoms with van der Waals surface area (Å²) in [6.45, 7) is 16.9. The van der Waals surface area contributed by atoms with Gasteiger partial charge < -0.3 is 19.3 Å². The SMILES string of the molecule is COc1cc(/C=C/C(=O)OC2CC[C@]3(C)[C@H]4C=C[C@]56OC(=O)[C@@]7(CC[C@@H](C)[C@H](C)[C@H]75)CC[C@@]6(C)[C@]4(C)CC[C@H]3C2(C)C)ccc1O. The first-order valence-corrected chi connectivity index (χ1v) is 17.8. The molecule has 1 spiro atoms. The minimum atomic E-state index is -0.527. The predicted octanol–water partition coefficient (Wildman–Crippen LogP) is 8.52. The largest absolute Gasteiger partial charge is 0.504 e. The number of ether oxygens (including phenoxy) is 3. The number of hydrogen-bond acceptors (Lipinski definition) is 6. The van der Waals surface area contributed by atoms with E-state index in [9.17, 15) is 14.7 Å². The number of phenolic OH excluding ortho intramolecular Hbond substituents is 1. The predicted molar refractivity (Wildman–Crippen MR) is 178 cm³/mol. The Kier molecular flexibility index (Phi) is 7.00. The Labute approximate surface area is 275 Å². The molecule has 0 radical (unpaired) electrons. The van der Waals surface area contributed by atoms with Crippen molar-refractivity contribution in [1.82, 2.24) is 0 Å². The molecule has 6 heteroatoms. The van der Waals surface area contributed by atoms with Crippen LogP contribution in [0.4, 0.5) is 0 Å². The Bertz CT molecular complexity index is 1510. The van der Waals surface area contributed by atoms with E-state index < -0.39 is 5.60 Å². The van der Waals surface area contributed by atoms with Crippen LogP contribution in [0.15, 0.2) is 36.4 Å². The van der Waals surface area contributed by atoms with Crippen LogP contribution in [0, 0.1) is 56.7 Å². The van der Waals surface area contributed by atoms with Crippen LogP contribution in [-0.2, 0) is 19.1 Å². The topological polar surface area (TPSA) is 82.1 Å². The molecule has 11 atom stereocenters. The van der Waals surface area contributed by atoms with E-state index >= 15 is 0 Å². The first-order valence-electron chi connectivity index (χ1n) is 17.8. The average molecular weight is 631 g/mol. The highest BCUT2D eigenvalue weighted by atomic mass is 16.6. The van der Waals surface area contributed by atoms with Gasteiger partial charge in [0.2, 0.25) is 0 Å². The van der Waals surface area contributed by atoms with Crippen molar-refractivity contribution in [3.05, 3.63) is 42.0 Å². The fourth-order valence-corrected chi connectivity index (χ4v) is 12.8. The smallest absolute Gasteiger partial charge is 0.331 e. The van der Waals surface area contributed by atoms with Crippen LogP contribution in [-0.4, -0.2) is 35.9 Å². The monoisotopic (exact) mass is 630 g/mol. The Balaban J connectivity index is 1.16. The lowest BCUT2D eigenvalue weighted by Crippen LogP contribution is -2.71. The number of esters is 2. The lowest BCUT2D eigenvalue weighted by Gasteiger charge is -2.72. The second-order valence-corrected chi connectivity index (χ2v) is 17.4. The van der Waals surface area contributed by atoms with Crippen molar-refractivity contribution in [3.8, 4) is 11.5 Å². The summed E-state index contributed by atoms with van der Waals surface area (Å²) in [5.74, 6) is 2.20. The molecule has 1 unspecified atom stereocenters. The van der Waals surface area contributed by atoms with Gasteiger partial charge in [0.1, 0.15) is 11.7 Å². The highest BCUT2D eigenvalue weighted by Gasteiger charge is 2.80. The number of carbonyl (C=O) groups excluding carboxylic acids is 2. The standard InChI is InChI=1S/C40H54O6/c1-24-13-19-39-22-21-38(7)37(6)18-14-29-35(3,4)31(45-32(42)12-10-26-9-11-27(41)28(23-26)44-8)16-17-36(29,5)30(37)15-20-40(38,46-34(39)43)33(39)25(24)2/h9-12,15,20,23-25,29-31,33,41H,13-14,16-19,21-22H2,1-8H3/b12-10+/t24-,25+,29+,30-,31?,33-,36+,37-,38+,39+,40+/m1/s1. The van der Waals surface area contributed by atoms with Crippen LogP contribution in [0.2, 0.25) is 0 Å². The lowest BCUT2D eigenvalue weighted by atomic mass is 9.32. The maximum absolute atomic E-state index is 13.9. The summed E-state index contributed by atoms with van der Waals surface area (Å²) in [6.07, 6.45) is 16.0.